The molecule has 3 aliphatic rings. The molecule has 3 aliphatic carbocycles. The number of hydrogen-bond acceptors (Lipinski definition) is 3. The lowest BCUT2D eigenvalue weighted by molar-refractivity contribution is -0.449. The second kappa shape index (κ2) is 18.8. The number of nitrogens with zero attached hydrogens (tertiary/aromatic N) is 2. The van der Waals surface area contributed by atoms with Crippen molar-refractivity contribution in [1.82, 2.24) is 0 Å². The molecule has 2 aromatic carbocycles. The van der Waals surface area contributed by atoms with Crippen LogP contribution in [0.1, 0.15) is 138 Å². The molecule has 0 bridgehead atoms. The molecular weight excluding hydrogens is 661 g/mol. The van der Waals surface area contributed by atoms with Gasteiger partial charge in [-0.1, -0.05) is 88.8 Å². The van der Waals surface area contributed by atoms with Gasteiger partial charge in [-0.3, -0.25) is 4.79 Å². The molecule has 292 valence electrons. The van der Waals surface area contributed by atoms with Crippen molar-refractivity contribution in [2.24, 2.45) is 17.8 Å². The Morgan fingerprint density at radius 3 is 1.74 bits per heavy atom. The molecule has 0 spiro atoms. The molecule has 2 unspecified atom stereocenters. The number of hydrogen-bond donors (Lipinski definition) is 0. The summed E-state index contributed by atoms with van der Waals surface area (Å²) in [6, 6.07) is 9.65. The van der Waals surface area contributed by atoms with Crippen LogP contribution in [-0.2, 0) is 4.79 Å². The van der Waals surface area contributed by atoms with E-state index in [0.29, 0.717) is 29.0 Å². The number of carbonyl (C=O) groups is 1. The lowest BCUT2D eigenvalue weighted by atomic mass is 9.71. The van der Waals surface area contributed by atoms with Gasteiger partial charge in [0.1, 0.15) is 0 Å². The first-order valence-electron chi connectivity index (χ1n) is 21.6. The predicted molar refractivity (Wildman–Crippen MR) is 228 cm³/mol. The SMILES string of the molecule is CCCCC(CC)CN(c1c(C)cc(C)cc1C)C1CCC(C2=C([O-])C(=C3C=CC(=[N+](CC(CC)CCCC)c4c(C)cc(C)cc4C)C=C3)C2=O)CC1. The Bertz CT molecular complexity index is 1760. The number of Topliss-reactive ketones (excluding diaryl/α,β-unsaturated/α-hetero) is 1. The summed E-state index contributed by atoms with van der Waals surface area (Å²) in [5.41, 5.74) is 13.4. The van der Waals surface area contributed by atoms with Gasteiger partial charge in [0.15, 0.2) is 12.3 Å². The monoisotopic (exact) mass is 731 g/mol. The Morgan fingerprint density at radius 1 is 0.722 bits per heavy atom. The van der Waals surface area contributed by atoms with Gasteiger partial charge in [-0.05, 0) is 145 Å². The molecule has 1 saturated carbocycles. The highest BCUT2D eigenvalue weighted by molar-refractivity contribution is 6.20. The van der Waals surface area contributed by atoms with Crippen LogP contribution in [0.2, 0.25) is 0 Å². The van der Waals surface area contributed by atoms with Gasteiger partial charge in [-0.25, -0.2) is 0 Å². The summed E-state index contributed by atoms with van der Waals surface area (Å²) in [5, 5.41) is 13.8. The Hall–Kier alpha value is -3.66. The minimum Gasteiger partial charge on any atom is -0.872 e. The zero-order chi connectivity index (χ0) is 39.1. The molecule has 5 rings (SSSR count). The Labute approximate surface area is 328 Å². The molecule has 2 aromatic rings. The van der Waals surface area contributed by atoms with Crippen LogP contribution in [0, 0.1) is 59.3 Å². The number of rotatable bonds is 16. The van der Waals surface area contributed by atoms with Gasteiger partial charge < -0.3 is 10.0 Å². The van der Waals surface area contributed by atoms with Crippen LogP contribution in [0.4, 0.5) is 11.4 Å². The first-order valence-corrected chi connectivity index (χ1v) is 21.6. The van der Waals surface area contributed by atoms with E-state index >= 15 is 0 Å². The van der Waals surface area contributed by atoms with Gasteiger partial charge >= 0.3 is 0 Å². The number of benzene rings is 2. The third-order valence-corrected chi connectivity index (χ3v) is 12.8. The van der Waals surface area contributed by atoms with Crippen LogP contribution in [0.25, 0.3) is 0 Å². The quantitative estimate of drug-likeness (QED) is 0.128. The second-order valence-electron chi connectivity index (χ2n) is 17.1. The van der Waals surface area contributed by atoms with Crippen LogP contribution < -0.4 is 10.0 Å². The second-order valence-corrected chi connectivity index (χ2v) is 17.1. The van der Waals surface area contributed by atoms with Crippen LogP contribution in [0.15, 0.2) is 71.0 Å². The summed E-state index contributed by atoms with van der Waals surface area (Å²) in [4.78, 5) is 16.6. The van der Waals surface area contributed by atoms with Gasteiger partial charge in [0, 0.05) is 53.0 Å². The number of anilines is 1. The van der Waals surface area contributed by atoms with Crippen molar-refractivity contribution >= 4 is 22.9 Å². The maximum Gasteiger partial charge on any atom is 0.211 e. The maximum absolute atomic E-state index is 13.8. The highest BCUT2D eigenvalue weighted by Gasteiger charge is 2.38. The van der Waals surface area contributed by atoms with Gasteiger partial charge in [0.2, 0.25) is 11.4 Å². The fourth-order valence-corrected chi connectivity index (χ4v) is 9.87. The van der Waals surface area contributed by atoms with Crippen molar-refractivity contribution in [3.05, 3.63) is 104 Å². The Balaban J connectivity index is 1.38. The zero-order valence-corrected chi connectivity index (χ0v) is 35.5. The molecule has 54 heavy (non-hydrogen) atoms. The van der Waals surface area contributed by atoms with Gasteiger partial charge in [-0.15, -0.1) is 0 Å². The maximum atomic E-state index is 13.8. The Kier molecular flexibility index (Phi) is 14.4. The first kappa shape index (κ1) is 41.5. The van der Waals surface area contributed by atoms with E-state index in [9.17, 15) is 9.90 Å². The summed E-state index contributed by atoms with van der Waals surface area (Å²) in [5.74, 6) is 1.28. The van der Waals surface area contributed by atoms with E-state index in [0.717, 1.165) is 56.5 Å². The highest BCUT2D eigenvalue weighted by Crippen LogP contribution is 2.43. The molecule has 0 N–H and O–H groups in total. The molecule has 2 atom stereocenters. The third kappa shape index (κ3) is 9.23. The lowest BCUT2D eigenvalue weighted by Crippen LogP contribution is -2.43. The fourth-order valence-electron chi connectivity index (χ4n) is 9.87. The molecule has 0 aromatic heterocycles. The van der Waals surface area contributed by atoms with Crippen LogP contribution >= 0.6 is 0 Å². The van der Waals surface area contributed by atoms with Crippen LogP contribution in [-0.4, -0.2) is 35.2 Å². The predicted octanol–water partition coefficient (Wildman–Crippen LogP) is 11.7. The normalized spacial score (nSPS) is 19.7. The average Bonchev–Trinajstić information content (AvgIpc) is 3.13. The van der Waals surface area contributed by atoms with E-state index in [2.05, 4.69) is 115 Å². The van der Waals surface area contributed by atoms with Gasteiger partial charge in [0.25, 0.3) is 0 Å². The Morgan fingerprint density at radius 2 is 1.24 bits per heavy atom. The smallest absolute Gasteiger partial charge is 0.211 e. The van der Waals surface area contributed by atoms with E-state index < -0.39 is 0 Å². The molecule has 1 fully saturated rings. The van der Waals surface area contributed by atoms with Crippen molar-refractivity contribution in [1.29, 1.82) is 0 Å². The van der Waals surface area contributed by atoms with Crippen molar-refractivity contribution in [3.63, 3.8) is 0 Å². The highest BCUT2D eigenvalue weighted by atomic mass is 16.3. The van der Waals surface area contributed by atoms with E-state index in [4.69, 9.17) is 0 Å². The minimum absolute atomic E-state index is 0.0171. The first-order chi connectivity index (χ1) is 25.9. The topological polar surface area (TPSA) is 46.4 Å². The molecule has 0 saturated heterocycles. The molecular formula is C50H70N2O2. The minimum atomic E-state index is -0.0171. The number of aryl methyl sites for hydroxylation is 6. The molecule has 0 heterocycles. The average molecular weight is 731 g/mol. The van der Waals surface area contributed by atoms with Crippen LogP contribution in [0.3, 0.4) is 0 Å². The van der Waals surface area contributed by atoms with E-state index in [1.54, 1.807) is 0 Å². The number of unbranched alkanes of at least 4 members (excludes halogenated alkanes) is 2. The molecule has 0 aliphatic heterocycles. The molecule has 0 radical (unpaired) electrons. The van der Waals surface area contributed by atoms with Gasteiger partial charge in [-0.2, -0.15) is 4.58 Å². The molecule has 4 nitrogen and oxygen atoms in total. The third-order valence-electron chi connectivity index (χ3n) is 12.8. The molecule has 0 amide bonds. The van der Waals surface area contributed by atoms with E-state index in [1.165, 1.54) is 89.7 Å². The summed E-state index contributed by atoms with van der Waals surface area (Å²) in [7, 11) is 0. The zero-order valence-electron chi connectivity index (χ0n) is 35.5. The van der Waals surface area contributed by atoms with E-state index in [-0.39, 0.29) is 17.5 Å². The largest absolute Gasteiger partial charge is 0.872 e. The number of allylic oxidation sites excluding steroid dienone is 7. The summed E-state index contributed by atoms with van der Waals surface area (Å²) in [6.07, 6.45) is 21.9. The fraction of sp³-hybridized carbons (Fsp3) is 0.560. The lowest BCUT2D eigenvalue weighted by Gasteiger charge is -2.44. The van der Waals surface area contributed by atoms with E-state index in [1.807, 2.05) is 12.2 Å². The standard InChI is InChI=1S/C50H70N2O2/c1-11-15-17-39(13-3)31-51(47-35(7)27-33(5)28-36(47)8)43-23-19-41(20-24-43)45-49(53)46(50(45)54)42-21-25-44(26-22-42)52(32-40(14-4)18-16-12-2)48-37(9)29-34(6)30-38(48)10/h19-20,23-24,27-30,39-40,42,44H,11-18,21-22,25-26,31-32H2,1-10H3. The van der Waals surface area contributed by atoms with Crippen molar-refractivity contribution in [3.8, 4) is 0 Å². The van der Waals surface area contributed by atoms with Crippen molar-refractivity contribution in [2.75, 3.05) is 18.0 Å². The van der Waals surface area contributed by atoms with Crippen LogP contribution in [0.5, 0.6) is 0 Å². The number of carbonyl (C=O) groups excluding carboxylic acids is 1. The summed E-state index contributed by atoms with van der Waals surface area (Å²) < 4.78 is 2.48. The van der Waals surface area contributed by atoms with Gasteiger partial charge in [0.05, 0.1) is 0 Å². The molecule has 4 heteroatoms. The summed E-state index contributed by atoms with van der Waals surface area (Å²) >= 11 is 0. The number of ketones is 1. The van der Waals surface area contributed by atoms with Crippen molar-refractivity contribution in [2.45, 2.75) is 152 Å². The summed E-state index contributed by atoms with van der Waals surface area (Å²) in [6.45, 7) is 24.6. The van der Waals surface area contributed by atoms with Crippen molar-refractivity contribution < 1.29 is 14.5 Å².